The van der Waals surface area contributed by atoms with Gasteiger partial charge < -0.3 is 10.2 Å². The van der Waals surface area contributed by atoms with Gasteiger partial charge in [-0.2, -0.15) is 0 Å². The molecule has 0 saturated carbocycles. The molecule has 3 nitrogen and oxygen atoms in total. The van der Waals surface area contributed by atoms with Gasteiger partial charge in [-0.15, -0.1) is 0 Å². The van der Waals surface area contributed by atoms with Crippen LogP contribution in [0.15, 0.2) is 12.1 Å². The fourth-order valence-corrected chi connectivity index (χ4v) is 2.31. The molecule has 4 heteroatoms. The van der Waals surface area contributed by atoms with Crippen molar-refractivity contribution < 1.29 is 15.0 Å². The first-order valence-electron chi connectivity index (χ1n) is 5.45. The van der Waals surface area contributed by atoms with Crippen LogP contribution in [0, 0.1) is 3.57 Å². The van der Waals surface area contributed by atoms with Crippen molar-refractivity contribution in [1.82, 2.24) is 0 Å². The van der Waals surface area contributed by atoms with Crippen LogP contribution in [0.1, 0.15) is 38.3 Å². The summed E-state index contributed by atoms with van der Waals surface area (Å²) in [7, 11) is 0. The van der Waals surface area contributed by atoms with Gasteiger partial charge in [-0.3, -0.25) is 4.79 Å². The third-order valence-corrected chi connectivity index (χ3v) is 3.38. The van der Waals surface area contributed by atoms with E-state index in [-0.39, 0.29) is 11.8 Å². The third-order valence-electron chi connectivity index (χ3n) is 2.56. The lowest BCUT2D eigenvalue weighted by molar-refractivity contribution is -0.136. The molecular formula is C13H17IO3. The number of aromatic hydroxyl groups is 1. The van der Waals surface area contributed by atoms with E-state index in [9.17, 15) is 9.90 Å². The topological polar surface area (TPSA) is 57.5 Å². The van der Waals surface area contributed by atoms with Gasteiger partial charge in [-0.05, 0) is 46.1 Å². The molecule has 0 fully saturated rings. The zero-order chi connectivity index (χ0) is 13.2. The second kappa shape index (κ2) is 5.25. The van der Waals surface area contributed by atoms with Crippen molar-refractivity contribution in [2.75, 3.05) is 0 Å². The molecule has 17 heavy (non-hydrogen) atoms. The fraction of sp³-hybridized carbons (Fsp3) is 0.462. The van der Waals surface area contributed by atoms with E-state index in [1.165, 1.54) is 0 Å². The van der Waals surface area contributed by atoms with Crippen molar-refractivity contribution >= 4 is 28.6 Å². The van der Waals surface area contributed by atoms with Crippen molar-refractivity contribution in [2.24, 2.45) is 0 Å². The summed E-state index contributed by atoms with van der Waals surface area (Å²) in [6, 6.07) is 3.74. The summed E-state index contributed by atoms with van der Waals surface area (Å²) in [4.78, 5) is 10.6. The predicted molar refractivity (Wildman–Crippen MR) is 75.5 cm³/mol. The highest BCUT2D eigenvalue weighted by Crippen LogP contribution is 2.35. The second-order valence-corrected chi connectivity index (χ2v) is 6.28. The zero-order valence-corrected chi connectivity index (χ0v) is 12.4. The summed E-state index contributed by atoms with van der Waals surface area (Å²) < 4.78 is 0.774. The van der Waals surface area contributed by atoms with Crippen LogP contribution in [-0.2, 0) is 16.6 Å². The Morgan fingerprint density at radius 3 is 2.41 bits per heavy atom. The molecule has 0 aromatic heterocycles. The van der Waals surface area contributed by atoms with Crippen LogP contribution < -0.4 is 0 Å². The molecule has 0 aliphatic rings. The minimum absolute atomic E-state index is 0.116. The molecule has 0 atom stereocenters. The third kappa shape index (κ3) is 3.87. The number of aliphatic carboxylic acids is 1. The van der Waals surface area contributed by atoms with E-state index in [0.717, 1.165) is 14.7 Å². The van der Waals surface area contributed by atoms with Crippen molar-refractivity contribution in [2.45, 2.75) is 39.0 Å². The van der Waals surface area contributed by atoms with Gasteiger partial charge in [0, 0.05) is 12.0 Å². The molecule has 0 bridgehead atoms. The van der Waals surface area contributed by atoms with Crippen molar-refractivity contribution in [3.8, 4) is 5.75 Å². The van der Waals surface area contributed by atoms with E-state index in [2.05, 4.69) is 22.6 Å². The number of benzene rings is 1. The lowest BCUT2D eigenvalue weighted by Gasteiger charge is -2.22. The Bertz CT molecular complexity index is 433. The minimum Gasteiger partial charge on any atom is -0.507 e. The largest absolute Gasteiger partial charge is 0.507 e. The van der Waals surface area contributed by atoms with E-state index >= 15 is 0 Å². The Hall–Kier alpha value is -0.780. The normalized spacial score (nSPS) is 11.5. The lowest BCUT2D eigenvalue weighted by atomic mass is 9.85. The van der Waals surface area contributed by atoms with Crippen LogP contribution in [0.2, 0.25) is 0 Å². The number of carboxylic acids is 1. The van der Waals surface area contributed by atoms with Gasteiger partial charge in [0.05, 0.1) is 3.57 Å². The van der Waals surface area contributed by atoms with Crippen LogP contribution in [0.25, 0.3) is 0 Å². The maximum atomic E-state index is 10.6. The number of phenolic OH excluding ortho intramolecular Hbond substituents is 1. The Labute approximate surface area is 115 Å². The molecule has 0 aliphatic carbocycles. The first-order valence-corrected chi connectivity index (χ1v) is 6.53. The molecule has 0 heterocycles. The van der Waals surface area contributed by atoms with Crippen LogP contribution in [-0.4, -0.2) is 16.2 Å². The standard InChI is InChI=1S/C13H17IO3/c1-13(2,3)9-6-8(4-5-11(15)16)7-10(14)12(9)17/h6-7,17H,4-5H2,1-3H3,(H,15,16). The molecule has 1 aromatic rings. The number of carbonyl (C=O) groups is 1. The van der Waals surface area contributed by atoms with Crippen LogP contribution in [0.4, 0.5) is 0 Å². The van der Waals surface area contributed by atoms with Crippen molar-refractivity contribution in [3.63, 3.8) is 0 Å². The molecule has 94 valence electrons. The molecule has 2 N–H and O–H groups in total. The summed E-state index contributed by atoms with van der Waals surface area (Å²) in [5, 5.41) is 18.7. The van der Waals surface area contributed by atoms with E-state index in [1.54, 1.807) is 0 Å². The molecule has 0 aliphatic heterocycles. The summed E-state index contributed by atoms with van der Waals surface area (Å²) in [6.07, 6.45) is 0.610. The molecule has 1 rings (SSSR count). The van der Waals surface area contributed by atoms with Gasteiger partial charge in [0.15, 0.2) is 0 Å². The van der Waals surface area contributed by atoms with Gasteiger partial charge in [0.2, 0.25) is 0 Å². The van der Waals surface area contributed by atoms with Crippen LogP contribution in [0.5, 0.6) is 5.75 Å². The average Bonchev–Trinajstić information content (AvgIpc) is 2.17. The maximum absolute atomic E-state index is 10.6. The second-order valence-electron chi connectivity index (χ2n) is 5.12. The van der Waals surface area contributed by atoms with E-state index in [0.29, 0.717) is 12.2 Å². The van der Waals surface area contributed by atoms with Gasteiger partial charge in [0.1, 0.15) is 5.75 Å². The smallest absolute Gasteiger partial charge is 0.303 e. The SMILES string of the molecule is CC(C)(C)c1cc(CCC(=O)O)cc(I)c1O. The number of halogens is 1. The maximum Gasteiger partial charge on any atom is 0.303 e. The number of carboxylic acid groups (broad SMARTS) is 1. The van der Waals surface area contributed by atoms with Crippen molar-refractivity contribution in [1.29, 1.82) is 0 Å². The predicted octanol–water partition coefficient (Wildman–Crippen LogP) is 3.31. The van der Waals surface area contributed by atoms with Crippen molar-refractivity contribution in [3.05, 3.63) is 26.8 Å². The Balaban J connectivity index is 3.11. The number of hydrogen-bond acceptors (Lipinski definition) is 2. The Kier molecular flexibility index (Phi) is 4.41. The first-order chi connectivity index (χ1) is 7.71. The van der Waals surface area contributed by atoms with Gasteiger partial charge in [-0.25, -0.2) is 0 Å². The van der Waals surface area contributed by atoms with Crippen LogP contribution >= 0.6 is 22.6 Å². The monoisotopic (exact) mass is 348 g/mol. The molecule has 0 unspecified atom stereocenters. The summed E-state index contributed by atoms with van der Waals surface area (Å²) in [6.45, 7) is 6.08. The Morgan fingerprint density at radius 2 is 1.94 bits per heavy atom. The van der Waals surface area contributed by atoms with E-state index in [1.807, 2.05) is 32.9 Å². The van der Waals surface area contributed by atoms with E-state index < -0.39 is 5.97 Å². The van der Waals surface area contributed by atoms with Gasteiger partial charge >= 0.3 is 5.97 Å². The molecule has 0 saturated heterocycles. The molecule has 0 amide bonds. The zero-order valence-electron chi connectivity index (χ0n) is 10.2. The highest BCUT2D eigenvalue weighted by Gasteiger charge is 2.20. The van der Waals surface area contributed by atoms with E-state index in [4.69, 9.17) is 5.11 Å². The number of hydrogen-bond donors (Lipinski definition) is 2. The fourth-order valence-electron chi connectivity index (χ4n) is 1.62. The Morgan fingerprint density at radius 1 is 1.35 bits per heavy atom. The lowest BCUT2D eigenvalue weighted by Crippen LogP contribution is -2.12. The number of aryl methyl sites for hydroxylation is 1. The molecular weight excluding hydrogens is 331 g/mol. The molecule has 0 radical (unpaired) electrons. The quantitative estimate of drug-likeness (QED) is 0.824. The first kappa shape index (κ1) is 14.3. The molecule has 1 aromatic carbocycles. The van der Waals surface area contributed by atoms with Gasteiger partial charge in [-0.1, -0.05) is 26.8 Å². The summed E-state index contributed by atoms with van der Waals surface area (Å²) in [5.41, 5.74) is 1.67. The van der Waals surface area contributed by atoms with Gasteiger partial charge in [0.25, 0.3) is 0 Å². The highest BCUT2D eigenvalue weighted by atomic mass is 127. The average molecular weight is 348 g/mol. The summed E-state index contributed by atoms with van der Waals surface area (Å²) in [5.74, 6) is -0.498. The summed E-state index contributed by atoms with van der Waals surface area (Å²) >= 11 is 2.08. The number of rotatable bonds is 3. The minimum atomic E-state index is -0.801. The highest BCUT2D eigenvalue weighted by molar-refractivity contribution is 14.1. The molecule has 0 spiro atoms. The van der Waals surface area contributed by atoms with Crippen LogP contribution in [0.3, 0.4) is 0 Å². The number of phenols is 1.